The molecule has 1 atom stereocenters. The predicted molar refractivity (Wildman–Crippen MR) is 102 cm³/mol. The highest BCUT2D eigenvalue weighted by molar-refractivity contribution is 5.95. The van der Waals surface area contributed by atoms with E-state index in [1.54, 1.807) is 0 Å². The topological polar surface area (TPSA) is 107 Å². The third-order valence-corrected chi connectivity index (χ3v) is 5.39. The Morgan fingerprint density at radius 3 is 2.39 bits per heavy atom. The van der Waals surface area contributed by atoms with Gasteiger partial charge in [-0.15, -0.1) is 0 Å². The molecule has 1 unspecified atom stereocenters. The van der Waals surface area contributed by atoms with Gasteiger partial charge in [-0.2, -0.15) is 13.2 Å². The lowest BCUT2D eigenvalue weighted by atomic mass is 9.76. The fourth-order valence-electron chi connectivity index (χ4n) is 3.97. The van der Waals surface area contributed by atoms with E-state index in [0.29, 0.717) is 31.9 Å². The average molecular weight is 446 g/mol. The molecule has 1 aromatic carbocycles. The summed E-state index contributed by atoms with van der Waals surface area (Å²) in [5, 5.41) is 16.5. The Morgan fingerprint density at radius 2 is 1.87 bits per heavy atom. The van der Waals surface area contributed by atoms with Crippen LogP contribution in [0.3, 0.4) is 0 Å². The molecule has 1 spiro atoms. The normalized spacial score (nSPS) is 20.3. The number of phenolic OH excluding ortho intramolecular Hbond substituents is 1. The molecule has 0 aliphatic carbocycles. The first-order valence-electron chi connectivity index (χ1n) is 9.56. The van der Waals surface area contributed by atoms with Crippen LogP contribution in [0.1, 0.15) is 35.2 Å². The maximum absolute atomic E-state index is 12.9. The van der Waals surface area contributed by atoms with Crippen molar-refractivity contribution >= 4 is 18.3 Å². The van der Waals surface area contributed by atoms with Crippen LogP contribution in [-0.2, 0) is 20.5 Å². The zero-order valence-corrected chi connectivity index (χ0v) is 17.2. The molecule has 2 heterocycles. The van der Waals surface area contributed by atoms with Crippen LogP contribution >= 0.6 is 0 Å². The number of halogens is 3. The molecule has 2 aliphatic heterocycles. The van der Waals surface area contributed by atoms with Crippen LogP contribution in [0, 0.1) is 5.41 Å². The van der Waals surface area contributed by atoms with Crippen LogP contribution < -0.4 is 0 Å². The van der Waals surface area contributed by atoms with Crippen molar-refractivity contribution in [2.45, 2.75) is 31.5 Å². The summed E-state index contributed by atoms with van der Waals surface area (Å²) in [6, 6.07) is 2.35. The number of carbonyl (C=O) groups excluding carboxylic acids is 2. The van der Waals surface area contributed by atoms with Gasteiger partial charge in [-0.25, -0.2) is 0 Å². The molecule has 11 heteroatoms. The lowest BCUT2D eigenvalue weighted by Crippen LogP contribution is -2.45. The Bertz CT molecular complexity index is 820. The van der Waals surface area contributed by atoms with Crippen LogP contribution in [0.4, 0.5) is 13.2 Å². The van der Waals surface area contributed by atoms with Crippen molar-refractivity contribution in [1.82, 2.24) is 9.80 Å². The van der Waals surface area contributed by atoms with E-state index in [4.69, 9.17) is 14.6 Å². The number of alkyl halides is 3. The Labute approximate surface area is 177 Å². The number of amides is 1. The molecule has 0 saturated carbocycles. The van der Waals surface area contributed by atoms with E-state index in [2.05, 4.69) is 0 Å². The maximum atomic E-state index is 12.9. The first kappa shape index (κ1) is 24.4. The van der Waals surface area contributed by atoms with Gasteiger partial charge in [0.05, 0.1) is 11.0 Å². The van der Waals surface area contributed by atoms with Crippen molar-refractivity contribution in [3.8, 4) is 5.75 Å². The quantitative estimate of drug-likeness (QED) is 0.542. The van der Waals surface area contributed by atoms with Gasteiger partial charge >= 0.3 is 12.1 Å². The fraction of sp³-hybridized carbons (Fsp3) is 0.550. The van der Waals surface area contributed by atoms with Gasteiger partial charge in [0.15, 0.2) is 0 Å². The number of carboxylic acid groups (broad SMARTS) is 1. The second-order valence-electron chi connectivity index (χ2n) is 7.94. The molecular weight excluding hydrogens is 421 g/mol. The van der Waals surface area contributed by atoms with Crippen LogP contribution in [0.25, 0.3) is 0 Å². The minimum absolute atomic E-state index is 0.190. The van der Waals surface area contributed by atoms with Crippen LogP contribution in [0.2, 0.25) is 0 Å². The lowest BCUT2D eigenvalue weighted by Gasteiger charge is -2.36. The first-order valence-corrected chi connectivity index (χ1v) is 9.56. The third-order valence-electron chi connectivity index (χ3n) is 5.39. The van der Waals surface area contributed by atoms with Gasteiger partial charge in [0.1, 0.15) is 11.9 Å². The molecule has 0 aromatic heterocycles. The Morgan fingerprint density at radius 1 is 1.29 bits per heavy atom. The lowest BCUT2D eigenvalue weighted by molar-refractivity contribution is -0.151. The molecule has 2 N–H and O–H groups in total. The van der Waals surface area contributed by atoms with Gasteiger partial charge < -0.3 is 24.7 Å². The van der Waals surface area contributed by atoms with Crippen molar-refractivity contribution in [2.75, 3.05) is 33.7 Å². The number of phenols is 1. The van der Waals surface area contributed by atoms with Crippen molar-refractivity contribution in [3.63, 3.8) is 0 Å². The molecule has 2 fully saturated rings. The molecule has 0 radical (unpaired) electrons. The second kappa shape index (κ2) is 9.54. The largest absolute Gasteiger partial charge is 0.508 e. The minimum Gasteiger partial charge on any atom is -0.508 e. The van der Waals surface area contributed by atoms with Gasteiger partial charge in [-0.05, 0) is 45.1 Å². The molecule has 8 nitrogen and oxygen atoms in total. The average Bonchev–Trinajstić information content (AvgIpc) is 2.95. The van der Waals surface area contributed by atoms with Crippen molar-refractivity contribution in [2.24, 2.45) is 5.41 Å². The molecule has 2 saturated heterocycles. The summed E-state index contributed by atoms with van der Waals surface area (Å²) in [6.45, 7) is 0.874. The molecule has 0 bridgehead atoms. The first-order chi connectivity index (χ1) is 14.4. The Hall–Kier alpha value is -2.82. The van der Waals surface area contributed by atoms with Crippen molar-refractivity contribution in [1.29, 1.82) is 0 Å². The standard InChI is InChI=1S/C19H23F3N2O4.CH2O2/c1-23(2)11-15-10-18(17(27)28-15)3-5-24(6-4-18)16(26)12-7-13(19(20,21)22)9-14(25)8-12;2-1-3/h7-9,15,25H,3-6,10-11H2,1-2H3;1H,(H,2,3). The molecule has 3 rings (SSSR count). The van der Waals surface area contributed by atoms with Crippen molar-refractivity contribution in [3.05, 3.63) is 29.3 Å². The number of cyclic esters (lactones) is 1. The third kappa shape index (κ3) is 5.87. The number of nitrogens with zero attached hydrogens (tertiary/aromatic N) is 2. The zero-order valence-electron chi connectivity index (χ0n) is 17.2. The number of ether oxygens (including phenoxy) is 1. The number of hydrogen-bond acceptors (Lipinski definition) is 6. The number of likely N-dealkylation sites (N-methyl/N-ethyl adjacent to an activating group) is 1. The smallest absolute Gasteiger partial charge is 0.416 e. The van der Waals surface area contributed by atoms with E-state index in [9.17, 15) is 27.9 Å². The molecule has 1 amide bonds. The molecule has 2 aliphatic rings. The van der Waals surface area contributed by atoms with E-state index in [1.807, 2.05) is 19.0 Å². The zero-order chi connectivity index (χ0) is 23.4. The number of rotatable bonds is 3. The number of likely N-dealkylation sites (tertiary alicyclic amines) is 1. The SMILES string of the molecule is CN(C)CC1CC2(CCN(C(=O)c3cc(O)cc(C(F)(F)F)c3)CC2)C(=O)O1.O=CO. The van der Waals surface area contributed by atoms with Gasteiger partial charge in [0, 0.05) is 31.6 Å². The van der Waals surface area contributed by atoms with Crippen molar-refractivity contribution < 1.29 is 42.5 Å². The van der Waals surface area contributed by atoms with Crippen LogP contribution in [0.5, 0.6) is 5.75 Å². The fourth-order valence-corrected chi connectivity index (χ4v) is 3.97. The summed E-state index contributed by atoms with van der Waals surface area (Å²) in [4.78, 5) is 36.8. The maximum Gasteiger partial charge on any atom is 0.416 e. The van der Waals surface area contributed by atoms with Gasteiger partial charge in [0.2, 0.25) is 0 Å². The van der Waals surface area contributed by atoms with Crippen LogP contribution in [0.15, 0.2) is 18.2 Å². The number of esters is 1. The summed E-state index contributed by atoms with van der Waals surface area (Å²) >= 11 is 0. The van der Waals surface area contributed by atoms with Crippen LogP contribution in [-0.4, -0.2) is 78.2 Å². The summed E-state index contributed by atoms with van der Waals surface area (Å²) in [6.07, 6.45) is -3.45. The Balaban J connectivity index is 0.00000107. The minimum atomic E-state index is -4.66. The Kier molecular flexibility index (Phi) is 7.53. The number of piperidine rings is 1. The van der Waals surface area contributed by atoms with Gasteiger partial charge in [-0.1, -0.05) is 0 Å². The highest BCUT2D eigenvalue weighted by atomic mass is 19.4. The molecule has 172 valence electrons. The van der Waals surface area contributed by atoms with E-state index in [0.717, 1.165) is 12.1 Å². The highest BCUT2D eigenvalue weighted by Crippen LogP contribution is 2.43. The van der Waals surface area contributed by atoms with Gasteiger partial charge in [0.25, 0.3) is 12.4 Å². The number of aromatic hydroxyl groups is 1. The van der Waals surface area contributed by atoms with E-state index in [1.165, 1.54) is 4.90 Å². The summed E-state index contributed by atoms with van der Waals surface area (Å²) in [5.74, 6) is -1.46. The summed E-state index contributed by atoms with van der Waals surface area (Å²) in [5.41, 5.74) is -1.93. The van der Waals surface area contributed by atoms with E-state index in [-0.39, 0.29) is 37.2 Å². The monoisotopic (exact) mass is 446 g/mol. The van der Waals surface area contributed by atoms with E-state index < -0.39 is 28.8 Å². The number of carbonyl (C=O) groups is 3. The molecule has 1 aromatic rings. The van der Waals surface area contributed by atoms with Gasteiger partial charge in [-0.3, -0.25) is 14.4 Å². The van der Waals surface area contributed by atoms with E-state index >= 15 is 0 Å². The highest BCUT2D eigenvalue weighted by Gasteiger charge is 2.50. The predicted octanol–water partition coefficient (Wildman–Crippen LogP) is 2.21. The summed E-state index contributed by atoms with van der Waals surface area (Å²) in [7, 11) is 3.79. The molecular formula is C20H25F3N2O6. The summed E-state index contributed by atoms with van der Waals surface area (Å²) < 4.78 is 44.3. The number of benzene rings is 1. The molecule has 31 heavy (non-hydrogen) atoms. The number of hydrogen-bond donors (Lipinski definition) is 2. The second-order valence-corrected chi connectivity index (χ2v) is 7.94.